The van der Waals surface area contributed by atoms with Crippen molar-refractivity contribution >= 4 is 29.2 Å². The van der Waals surface area contributed by atoms with E-state index in [9.17, 15) is 4.79 Å². The van der Waals surface area contributed by atoms with Crippen LogP contribution in [0.5, 0.6) is 0 Å². The third-order valence-electron chi connectivity index (χ3n) is 2.54. The number of benzene rings is 1. The Hall–Kier alpha value is -1.66. The van der Waals surface area contributed by atoms with Crippen molar-refractivity contribution in [3.05, 3.63) is 39.6 Å². The molecule has 1 aromatic heterocycles. The summed E-state index contributed by atoms with van der Waals surface area (Å²) in [5.74, 6) is -0.130. The number of halogens is 2. The van der Waals surface area contributed by atoms with Crippen LogP contribution in [0.3, 0.4) is 0 Å². The van der Waals surface area contributed by atoms with Crippen LogP contribution in [-0.2, 0) is 17.9 Å². The minimum atomic E-state index is -0.605. The molecule has 0 unspecified atom stereocenters. The average Bonchev–Trinajstić information content (AvgIpc) is 2.84. The lowest BCUT2D eigenvalue weighted by atomic mass is 10.2. The summed E-state index contributed by atoms with van der Waals surface area (Å²) < 4.78 is 6.73. The number of hydrogen-bond acceptors (Lipinski definition) is 5. The minimum absolute atomic E-state index is 0.0343. The van der Waals surface area contributed by atoms with Gasteiger partial charge in [0.2, 0.25) is 0 Å². The molecule has 0 spiro atoms. The quantitative estimate of drug-likeness (QED) is 0.794. The molecule has 0 aliphatic rings. The molecule has 2 rings (SSSR count). The van der Waals surface area contributed by atoms with Crippen LogP contribution in [0.4, 0.5) is 0 Å². The van der Waals surface area contributed by atoms with Crippen molar-refractivity contribution in [3.63, 3.8) is 0 Å². The molecule has 0 saturated heterocycles. The number of rotatable bonds is 5. The van der Waals surface area contributed by atoms with Crippen molar-refractivity contribution < 1.29 is 9.53 Å². The van der Waals surface area contributed by atoms with Crippen LogP contribution >= 0.6 is 23.2 Å². The number of hydrogen-bond donors (Lipinski definition) is 0. The number of tetrazole rings is 1. The van der Waals surface area contributed by atoms with Crippen molar-refractivity contribution in [2.45, 2.75) is 26.5 Å². The molecule has 106 valence electrons. The van der Waals surface area contributed by atoms with Crippen LogP contribution in [0.2, 0.25) is 10.0 Å². The molecule has 0 radical (unpaired) electrons. The first-order valence-corrected chi connectivity index (χ1v) is 6.75. The van der Waals surface area contributed by atoms with Crippen molar-refractivity contribution in [1.82, 2.24) is 20.2 Å². The van der Waals surface area contributed by atoms with Crippen LogP contribution in [0.1, 0.15) is 29.5 Å². The Kier molecular flexibility index (Phi) is 4.92. The van der Waals surface area contributed by atoms with Gasteiger partial charge in [-0.25, -0.2) is 9.48 Å². The first-order chi connectivity index (χ1) is 9.63. The zero-order chi connectivity index (χ0) is 14.5. The normalized spacial score (nSPS) is 10.6. The van der Waals surface area contributed by atoms with Gasteiger partial charge in [-0.15, -0.1) is 5.10 Å². The second-order valence-electron chi connectivity index (χ2n) is 3.99. The van der Waals surface area contributed by atoms with Crippen LogP contribution in [-0.4, -0.2) is 26.2 Å². The van der Waals surface area contributed by atoms with Gasteiger partial charge in [-0.3, -0.25) is 0 Å². The first-order valence-electron chi connectivity index (χ1n) is 5.99. The third-order valence-corrected chi connectivity index (χ3v) is 3.17. The van der Waals surface area contributed by atoms with Crippen LogP contribution in [0, 0.1) is 0 Å². The van der Waals surface area contributed by atoms with Gasteiger partial charge >= 0.3 is 5.97 Å². The van der Waals surface area contributed by atoms with Gasteiger partial charge in [0.05, 0.1) is 15.6 Å². The van der Waals surface area contributed by atoms with Gasteiger partial charge in [0.25, 0.3) is 0 Å². The van der Waals surface area contributed by atoms with Crippen molar-refractivity contribution in [2.75, 3.05) is 0 Å². The fraction of sp³-hybridized carbons (Fsp3) is 0.333. The number of ether oxygens (including phenoxy) is 1. The molecular formula is C12H12Cl2N4O2. The van der Waals surface area contributed by atoms with E-state index in [0.29, 0.717) is 12.4 Å². The largest absolute Gasteiger partial charge is 0.454 e. The Morgan fingerprint density at radius 3 is 2.70 bits per heavy atom. The monoisotopic (exact) mass is 314 g/mol. The highest BCUT2D eigenvalue weighted by molar-refractivity contribution is 6.39. The topological polar surface area (TPSA) is 69.9 Å². The molecule has 0 atom stereocenters. The van der Waals surface area contributed by atoms with E-state index >= 15 is 0 Å². The van der Waals surface area contributed by atoms with Crippen molar-refractivity contribution in [2.24, 2.45) is 0 Å². The molecule has 6 nitrogen and oxygen atoms in total. The molecule has 20 heavy (non-hydrogen) atoms. The predicted octanol–water partition coefficient (Wildman–Crippen LogP) is 2.75. The molecule has 0 amide bonds. The van der Waals surface area contributed by atoms with Crippen LogP contribution < -0.4 is 0 Å². The summed E-state index contributed by atoms with van der Waals surface area (Å²) in [6.45, 7) is 2.63. The molecule has 0 aliphatic carbocycles. The summed E-state index contributed by atoms with van der Waals surface area (Å²) in [6, 6.07) is 4.81. The summed E-state index contributed by atoms with van der Waals surface area (Å²) in [5.41, 5.74) is 0.144. The molecule has 0 bridgehead atoms. The van der Waals surface area contributed by atoms with Gasteiger partial charge in [-0.1, -0.05) is 36.2 Å². The maximum atomic E-state index is 12.0. The zero-order valence-corrected chi connectivity index (χ0v) is 12.2. The summed E-state index contributed by atoms with van der Waals surface area (Å²) in [7, 11) is 0. The number of nitrogens with zero attached hydrogens (tertiary/aromatic N) is 4. The lowest BCUT2D eigenvalue weighted by molar-refractivity contribution is 0.0457. The Morgan fingerprint density at radius 1 is 1.35 bits per heavy atom. The van der Waals surface area contributed by atoms with Gasteiger partial charge in [-0.2, -0.15) is 0 Å². The Labute approximate surface area is 125 Å². The smallest absolute Gasteiger partial charge is 0.341 e. The second kappa shape index (κ2) is 6.67. The zero-order valence-electron chi connectivity index (χ0n) is 10.7. The summed E-state index contributed by atoms with van der Waals surface area (Å²) in [5, 5.41) is 11.6. The fourth-order valence-corrected chi connectivity index (χ4v) is 2.16. The van der Waals surface area contributed by atoms with Gasteiger partial charge in [0.15, 0.2) is 12.4 Å². The lowest BCUT2D eigenvalue weighted by Crippen LogP contribution is -2.11. The average molecular weight is 315 g/mol. The van der Waals surface area contributed by atoms with E-state index in [2.05, 4.69) is 15.5 Å². The van der Waals surface area contributed by atoms with E-state index in [1.807, 2.05) is 6.92 Å². The maximum absolute atomic E-state index is 12.0. The highest BCUT2D eigenvalue weighted by Crippen LogP contribution is 2.25. The molecular weight excluding hydrogens is 303 g/mol. The maximum Gasteiger partial charge on any atom is 0.341 e. The van der Waals surface area contributed by atoms with E-state index in [1.54, 1.807) is 22.9 Å². The molecule has 0 N–H and O–H groups in total. The Balaban J connectivity index is 2.07. The van der Waals surface area contributed by atoms with Crippen LogP contribution in [0.25, 0.3) is 0 Å². The first kappa shape index (κ1) is 14.7. The SMILES string of the molecule is CCCn1nnnc1COC(=O)c1c(Cl)cccc1Cl. The van der Waals surface area contributed by atoms with Crippen LogP contribution in [0.15, 0.2) is 18.2 Å². The molecule has 8 heteroatoms. The van der Waals surface area contributed by atoms with E-state index in [0.717, 1.165) is 6.42 Å². The third kappa shape index (κ3) is 3.26. The molecule has 0 aliphatic heterocycles. The fourth-order valence-electron chi connectivity index (χ4n) is 1.61. The number of aromatic nitrogens is 4. The second-order valence-corrected chi connectivity index (χ2v) is 4.81. The number of carbonyl (C=O) groups excluding carboxylic acids is 1. The van der Waals surface area contributed by atoms with E-state index in [4.69, 9.17) is 27.9 Å². The van der Waals surface area contributed by atoms with Gasteiger partial charge in [0, 0.05) is 6.54 Å². The lowest BCUT2D eigenvalue weighted by Gasteiger charge is -2.07. The minimum Gasteiger partial charge on any atom is -0.454 e. The summed E-state index contributed by atoms with van der Waals surface area (Å²) in [4.78, 5) is 12.0. The highest BCUT2D eigenvalue weighted by Gasteiger charge is 2.17. The van der Waals surface area contributed by atoms with E-state index in [1.165, 1.54) is 0 Å². The Bertz CT molecular complexity index is 595. The predicted molar refractivity (Wildman–Crippen MR) is 73.7 cm³/mol. The van der Waals surface area contributed by atoms with Crippen molar-refractivity contribution in [3.8, 4) is 0 Å². The molecule has 0 fully saturated rings. The standard InChI is InChI=1S/C12H12Cl2N4O2/c1-2-6-18-10(15-16-17-18)7-20-12(19)11-8(13)4-3-5-9(11)14/h3-5H,2,6-7H2,1H3. The molecule has 0 saturated carbocycles. The number of aryl methyl sites for hydroxylation is 1. The van der Waals surface area contributed by atoms with Gasteiger partial charge in [-0.05, 0) is 29.0 Å². The molecule has 1 aromatic carbocycles. The number of carbonyl (C=O) groups is 1. The summed E-state index contributed by atoms with van der Waals surface area (Å²) >= 11 is 11.9. The van der Waals surface area contributed by atoms with E-state index in [-0.39, 0.29) is 22.2 Å². The van der Waals surface area contributed by atoms with E-state index < -0.39 is 5.97 Å². The molecule has 2 aromatic rings. The van der Waals surface area contributed by atoms with Crippen molar-refractivity contribution in [1.29, 1.82) is 0 Å². The number of esters is 1. The highest BCUT2D eigenvalue weighted by atomic mass is 35.5. The van der Waals surface area contributed by atoms with Gasteiger partial charge in [0.1, 0.15) is 0 Å². The molecule has 1 heterocycles. The van der Waals surface area contributed by atoms with Gasteiger partial charge < -0.3 is 4.74 Å². The summed E-state index contributed by atoms with van der Waals surface area (Å²) in [6.07, 6.45) is 0.877. The Morgan fingerprint density at radius 2 is 2.05 bits per heavy atom.